The molecule has 1 aromatic heterocycles. The fourth-order valence-corrected chi connectivity index (χ4v) is 2.07. The van der Waals surface area contributed by atoms with E-state index in [0.717, 1.165) is 32.2 Å². The normalized spacial score (nSPS) is 13.2. The molecule has 0 amide bonds. The van der Waals surface area contributed by atoms with E-state index in [1.165, 1.54) is 4.88 Å². The van der Waals surface area contributed by atoms with Crippen molar-refractivity contribution in [3.05, 3.63) is 22.4 Å². The molecule has 0 fully saturated rings. The summed E-state index contributed by atoms with van der Waals surface area (Å²) in [6.07, 6.45) is 0. The summed E-state index contributed by atoms with van der Waals surface area (Å²) >= 11 is 1.76. The molecule has 0 radical (unpaired) electrons. The zero-order chi connectivity index (χ0) is 11.8. The first-order valence-corrected chi connectivity index (χ1v) is 6.87. The van der Waals surface area contributed by atoms with Gasteiger partial charge >= 0.3 is 0 Å². The Kier molecular flexibility index (Phi) is 6.69. The first-order valence-electron chi connectivity index (χ1n) is 5.99. The van der Waals surface area contributed by atoms with E-state index in [0.29, 0.717) is 5.92 Å². The number of hydrogen-bond donors (Lipinski definition) is 1. The first-order chi connectivity index (χ1) is 7.68. The smallest absolute Gasteiger partial charge is 0.0809 e. The van der Waals surface area contributed by atoms with E-state index in [2.05, 4.69) is 43.6 Å². The summed E-state index contributed by atoms with van der Waals surface area (Å²) < 4.78 is 5.67. The molecule has 1 N–H and O–H groups in total. The Balaban J connectivity index is 2.00. The molecule has 1 unspecified atom stereocenters. The van der Waals surface area contributed by atoms with E-state index in [4.69, 9.17) is 4.74 Å². The van der Waals surface area contributed by atoms with Crippen molar-refractivity contribution in [3.8, 4) is 0 Å². The van der Waals surface area contributed by atoms with E-state index >= 15 is 0 Å². The average Bonchev–Trinajstić information content (AvgIpc) is 2.70. The maximum absolute atomic E-state index is 5.67. The van der Waals surface area contributed by atoms with Gasteiger partial charge in [-0.1, -0.05) is 26.8 Å². The molecule has 1 atom stereocenters. The van der Waals surface area contributed by atoms with Gasteiger partial charge in [0.2, 0.25) is 0 Å². The van der Waals surface area contributed by atoms with E-state index < -0.39 is 0 Å². The van der Waals surface area contributed by atoms with Crippen LogP contribution in [0.15, 0.2) is 17.5 Å². The van der Waals surface area contributed by atoms with E-state index in [9.17, 15) is 0 Å². The van der Waals surface area contributed by atoms with Crippen LogP contribution in [-0.4, -0.2) is 19.7 Å². The SMILES string of the molecule is CC(C)CNCC(C)COCc1cccs1. The monoisotopic (exact) mass is 241 g/mol. The van der Waals surface area contributed by atoms with Crippen molar-refractivity contribution in [2.45, 2.75) is 27.4 Å². The Morgan fingerprint density at radius 2 is 2.12 bits per heavy atom. The van der Waals surface area contributed by atoms with E-state index in [1.54, 1.807) is 11.3 Å². The van der Waals surface area contributed by atoms with Gasteiger partial charge in [-0.25, -0.2) is 0 Å². The molecule has 3 heteroatoms. The highest BCUT2D eigenvalue weighted by atomic mass is 32.1. The largest absolute Gasteiger partial charge is 0.376 e. The lowest BCUT2D eigenvalue weighted by Crippen LogP contribution is -2.27. The van der Waals surface area contributed by atoms with Crippen LogP contribution in [0.25, 0.3) is 0 Å². The van der Waals surface area contributed by atoms with E-state index in [1.807, 2.05) is 0 Å². The van der Waals surface area contributed by atoms with Gasteiger partial charge in [-0.3, -0.25) is 0 Å². The Labute approximate surface area is 103 Å². The van der Waals surface area contributed by atoms with Crippen LogP contribution in [-0.2, 0) is 11.3 Å². The summed E-state index contributed by atoms with van der Waals surface area (Å²) in [4.78, 5) is 1.31. The number of ether oxygens (including phenoxy) is 1. The summed E-state index contributed by atoms with van der Waals surface area (Å²) in [5.74, 6) is 1.30. The molecule has 0 saturated carbocycles. The highest BCUT2D eigenvalue weighted by Crippen LogP contribution is 2.10. The quantitative estimate of drug-likeness (QED) is 0.755. The maximum atomic E-state index is 5.67. The Morgan fingerprint density at radius 3 is 2.75 bits per heavy atom. The maximum Gasteiger partial charge on any atom is 0.0809 e. The van der Waals surface area contributed by atoms with Crippen LogP contribution in [0.1, 0.15) is 25.6 Å². The average molecular weight is 241 g/mol. The van der Waals surface area contributed by atoms with Gasteiger partial charge in [-0.05, 0) is 36.4 Å². The standard InChI is InChI=1S/C13H23NOS/c1-11(2)7-14-8-12(3)9-15-10-13-5-4-6-16-13/h4-6,11-12,14H,7-10H2,1-3H3. The zero-order valence-corrected chi connectivity index (χ0v) is 11.3. The summed E-state index contributed by atoms with van der Waals surface area (Å²) in [7, 11) is 0. The summed E-state index contributed by atoms with van der Waals surface area (Å²) in [5.41, 5.74) is 0. The molecule has 0 saturated heterocycles. The third kappa shape index (κ3) is 6.26. The van der Waals surface area contributed by atoms with Gasteiger partial charge in [0.25, 0.3) is 0 Å². The predicted molar refractivity (Wildman–Crippen MR) is 70.8 cm³/mol. The van der Waals surface area contributed by atoms with Crippen molar-refractivity contribution in [1.82, 2.24) is 5.32 Å². The van der Waals surface area contributed by atoms with Crippen molar-refractivity contribution in [2.24, 2.45) is 11.8 Å². The second kappa shape index (κ2) is 7.82. The van der Waals surface area contributed by atoms with Gasteiger partial charge in [0.15, 0.2) is 0 Å². The van der Waals surface area contributed by atoms with Crippen LogP contribution < -0.4 is 5.32 Å². The topological polar surface area (TPSA) is 21.3 Å². The molecule has 92 valence electrons. The Morgan fingerprint density at radius 1 is 1.31 bits per heavy atom. The van der Waals surface area contributed by atoms with Gasteiger partial charge in [-0.2, -0.15) is 0 Å². The summed E-state index contributed by atoms with van der Waals surface area (Å²) in [6, 6.07) is 4.18. The molecule has 0 bridgehead atoms. The number of thiophene rings is 1. The molecular formula is C13H23NOS. The highest BCUT2D eigenvalue weighted by Gasteiger charge is 2.03. The second-order valence-corrected chi connectivity index (χ2v) is 5.78. The number of hydrogen-bond acceptors (Lipinski definition) is 3. The van der Waals surface area contributed by atoms with Gasteiger partial charge in [0.05, 0.1) is 13.2 Å². The van der Waals surface area contributed by atoms with Crippen LogP contribution in [0.5, 0.6) is 0 Å². The first kappa shape index (κ1) is 13.7. The fourth-order valence-electron chi connectivity index (χ4n) is 1.43. The van der Waals surface area contributed by atoms with Crippen LogP contribution >= 0.6 is 11.3 Å². The molecular weight excluding hydrogens is 218 g/mol. The van der Waals surface area contributed by atoms with Crippen LogP contribution in [0, 0.1) is 11.8 Å². The third-order valence-electron chi connectivity index (χ3n) is 2.27. The molecule has 0 aliphatic heterocycles. The van der Waals surface area contributed by atoms with E-state index in [-0.39, 0.29) is 0 Å². The molecule has 1 aromatic rings. The van der Waals surface area contributed by atoms with Crippen LogP contribution in [0.4, 0.5) is 0 Å². The predicted octanol–water partition coefficient (Wildman–Crippen LogP) is 3.15. The molecule has 16 heavy (non-hydrogen) atoms. The Hall–Kier alpha value is -0.380. The van der Waals surface area contributed by atoms with Gasteiger partial charge < -0.3 is 10.1 Å². The molecule has 1 rings (SSSR count). The summed E-state index contributed by atoms with van der Waals surface area (Å²) in [5, 5.41) is 5.54. The lowest BCUT2D eigenvalue weighted by Gasteiger charge is -2.13. The fraction of sp³-hybridized carbons (Fsp3) is 0.692. The van der Waals surface area contributed by atoms with Gasteiger partial charge in [0, 0.05) is 4.88 Å². The molecule has 1 heterocycles. The lowest BCUT2D eigenvalue weighted by atomic mass is 10.2. The zero-order valence-electron chi connectivity index (χ0n) is 10.5. The second-order valence-electron chi connectivity index (χ2n) is 4.75. The molecule has 0 aromatic carbocycles. The van der Waals surface area contributed by atoms with Crippen molar-refractivity contribution in [2.75, 3.05) is 19.7 Å². The minimum absolute atomic E-state index is 0.582. The molecule has 0 aliphatic carbocycles. The number of rotatable bonds is 8. The van der Waals surface area contributed by atoms with Gasteiger partial charge in [-0.15, -0.1) is 11.3 Å². The van der Waals surface area contributed by atoms with Crippen molar-refractivity contribution < 1.29 is 4.74 Å². The minimum atomic E-state index is 0.582. The molecule has 0 spiro atoms. The van der Waals surface area contributed by atoms with Crippen molar-refractivity contribution in [1.29, 1.82) is 0 Å². The summed E-state index contributed by atoms with van der Waals surface area (Å²) in [6.45, 7) is 10.4. The van der Waals surface area contributed by atoms with Crippen molar-refractivity contribution in [3.63, 3.8) is 0 Å². The number of nitrogens with one attached hydrogen (secondary N) is 1. The highest BCUT2D eigenvalue weighted by molar-refractivity contribution is 7.09. The lowest BCUT2D eigenvalue weighted by molar-refractivity contribution is 0.0934. The third-order valence-corrected chi connectivity index (χ3v) is 3.12. The molecule has 0 aliphatic rings. The Bertz CT molecular complexity index is 259. The van der Waals surface area contributed by atoms with Crippen molar-refractivity contribution >= 4 is 11.3 Å². The van der Waals surface area contributed by atoms with Gasteiger partial charge in [0.1, 0.15) is 0 Å². The molecule has 2 nitrogen and oxygen atoms in total. The van der Waals surface area contributed by atoms with Crippen LogP contribution in [0.2, 0.25) is 0 Å². The van der Waals surface area contributed by atoms with Crippen LogP contribution in [0.3, 0.4) is 0 Å². The minimum Gasteiger partial charge on any atom is -0.376 e.